The number of rotatable bonds is 5. The van der Waals surface area contributed by atoms with Crippen LogP contribution in [0, 0.1) is 11.8 Å². The van der Waals surface area contributed by atoms with Gasteiger partial charge in [0.25, 0.3) is 0 Å². The largest absolute Gasteiger partial charge is 0.489 e. The molecule has 3 nitrogen and oxygen atoms in total. The summed E-state index contributed by atoms with van der Waals surface area (Å²) in [5, 5.41) is 3.44. The fourth-order valence-corrected chi connectivity index (χ4v) is 2.86. The van der Waals surface area contributed by atoms with Crippen LogP contribution in [0.3, 0.4) is 0 Å². The van der Waals surface area contributed by atoms with Gasteiger partial charge >= 0.3 is 0 Å². The minimum Gasteiger partial charge on any atom is -0.489 e. The lowest BCUT2D eigenvalue weighted by atomic mass is 9.91. The number of benzene rings is 1. The van der Waals surface area contributed by atoms with E-state index in [1.807, 2.05) is 13.1 Å². The summed E-state index contributed by atoms with van der Waals surface area (Å²) in [6.45, 7) is 8.14. The fraction of sp³-hybridized carbons (Fsp3) is 0.647. The van der Waals surface area contributed by atoms with Crippen molar-refractivity contribution in [3.05, 3.63) is 23.8 Å². The minimum absolute atomic E-state index is 0.365. The molecule has 112 valence electrons. The lowest BCUT2D eigenvalue weighted by Gasteiger charge is -2.24. The standard InChI is InChI=1S/C17H27NO2/c1-5-6-13(3)17(18-4)14-7-8-15-16(9-14)20-11-12(2)10-19-15/h7-9,12-13,17-18H,5-6,10-11H2,1-4H3. The number of fused-ring (bicyclic) bond motifs is 1. The Hall–Kier alpha value is -1.22. The molecule has 1 aliphatic heterocycles. The van der Waals surface area contributed by atoms with Crippen LogP contribution < -0.4 is 14.8 Å². The Morgan fingerprint density at radius 1 is 1.25 bits per heavy atom. The van der Waals surface area contributed by atoms with Gasteiger partial charge in [0.05, 0.1) is 13.2 Å². The van der Waals surface area contributed by atoms with Crippen molar-refractivity contribution in [2.24, 2.45) is 11.8 Å². The van der Waals surface area contributed by atoms with Crippen LogP contribution in [-0.4, -0.2) is 20.3 Å². The van der Waals surface area contributed by atoms with E-state index in [-0.39, 0.29) is 0 Å². The van der Waals surface area contributed by atoms with Crippen LogP contribution in [0.5, 0.6) is 11.5 Å². The molecular formula is C17H27NO2. The van der Waals surface area contributed by atoms with E-state index < -0.39 is 0 Å². The highest BCUT2D eigenvalue weighted by Gasteiger charge is 2.20. The van der Waals surface area contributed by atoms with Crippen molar-refractivity contribution in [2.45, 2.75) is 39.7 Å². The summed E-state index contributed by atoms with van der Waals surface area (Å²) in [5.41, 5.74) is 1.28. The van der Waals surface area contributed by atoms with Crippen molar-refractivity contribution in [2.75, 3.05) is 20.3 Å². The molecule has 0 aromatic heterocycles. The van der Waals surface area contributed by atoms with Gasteiger partial charge in [-0.2, -0.15) is 0 Å². The van der Waals surface area contributed by atoms with Gasteiger partial charge in [0.2, 0.25) is 0 Å². The summed E-state index contributed by atoms with van der Waals surface area (Å²) in [6, 6.07) is 6.71. The maximum Gasteiger partial charge on any atom is 0.161 e. The summed E-state index contributed by atoms with van der Waals surface area (Å²) >= 11 is 0. The molecule has 1 aliphatic rings. The van der Waals surface area contributed by atoms with Crippen molar-refractivity contribution >= 4 is 0 Å². The van der Waals surface area contributed by atoms with E-state index in [1.54, 1.807) is 0 Å². The monoisotopic (exact) mass is 277 g/mol. The maximum atomic E-state index is 5.88. The molecule has 0 spiro atoms. The molecule has 0 radical (unpaired) electrons. The molecule has 0 bridgehead atoms. The first kappa shape index (κ1) is 15.2. The Morgan fingerprint density at radius 3 is 2.60 bits per heavy atom. The second-order valence-corrected chi connectivity index (χ2v) is 5.97. The van der Waals surface area contributed by atoms with Gasteiger partial charge in [-0.05, 0) is 37.1 Å². The summed E-state index contributed by atoms with van der Waals surface area (Å²) in [5.74, 6) is 2.80. The zero-order chi connectivity index (χ0) is 14.5. The normalized spacial score (nSPS) is 21.1. The molecule has 1 N–H and O–H groups in total. The predicted molar refractivity (Wildman–Crippen MR) is 82.5 cm³/mol. The van der Waals surface area contributed by atoms with Gasteiger partial charge in [0.15, 0.2) is 11.5 Å². The van der Waals surface area contributed by atoms with Gasteiger partial charge in [0, 0.05) is 12.0 Å². The molecule has 0 saturated heterocycles. The Bertz CT molecular complexity index is 433. The highest BCUT2D eigenvalue weighted by atomic mass is 16.5. The highest BCUT2D eigenvalue weighted by molar-refractivity contribution is 5.44. The number of ether oxygens (including phenoxy) is 2. The third-order valence-electron chi connectivity index (χ3n) is 4.00. The Labute approximate surface area is 122 Å². The van der Waals surface area contributed by atoms with Crippen LogP contribution in [0.25, 0.3) is 0 Å². The van der Waals surface area contributed by atoms with E-state index in [2.05, 4.69) is 38.2 Å². The SMILES string of the molecule is CCCC(C)C(NC)c1ccc2c(c1)OCC(C)CO2. The Kier molecular flexibility index (Phi) is 5.30. The first-order valence-corrected chi connectivity index (χ1v) is 7.72. The van der Waals surface area contributed by atoms with Crippen molar-refractivity contribution in [3.8, 4) is 11.5 Å². The molecular weight excluding hydrogens is 250 g/mol. The summed E-state index contributed by atoms with van der Waals surface area (Å²) in [7, 11) is 2.03. The molecule has 0 aliphatic carbocycles. The predicted octanol–water partition coefficient (Wildman–Crippen LogP) is 3.79. The summed E-state index contributed by atoms with van der Waals surface area (Å²) in [4.78, 5) is 0. The summed E-state index contributed by atoms with van der Waals surface area (Å²) < 4.78 is 11.7. The molecule has 0 fully saturated rings. The van der Waals surface area contributed by atoms with Crippen molar-refractivity contribution in [3.63, 3.8) is 0 Å². The first-order chi connectivity index (χ1) is 9.65. The van der Waals surface area contributed by atoms with Gasteiger partial charge in [-0.1, -0.05) is 33.3 Å². The third kappa shape index (κ3) is 3.45. The molecule has 2 rings (SSSR count). The minimum atomic E-state index is 0.365. The van der Waals surface area contributed by atoms with Gasteiger partial charge in [-0.15, -0.1) is 0 Å². The quantitative estimate of drug-likeness (QED) is 0.888. The molecule has 3 unspecified atom stereocenters. The van der Waals surface area contributed by atoms with Gasteiger partial charge in [-0.3, -0.25) is 0 Å². The molecule has 0 amide bonds. The van der Waals surface area contributed by atoms with E-state index in [4.69, 9.17) is 9.47 Å². The second kappa shape index (κ2) is 6.98. The van der Waals surface area contributed by atoms with Crippen molar-refractivity contribution in [1.82, 2.24) is 5.32 Å². The molecule has 20 heavy (non-hydrogen) atoms. The van der Waals surface area contributed by atoms with E-state index in [9.17, 15) is 0 Å². The van der Waals surface area contributed by atoms with Crippen LogP contribution >= 0.6 is 0 Å². The second-order valence-electron chi connectivity index (χ2n) is 5.97. The van der Waals surface area contributed by atoms with E-state index in [0.29, 0.717) is 17.9 Å². The van der Waals surface area contributed by atoms with Gasteiger partial charge < -0.3 is 14.8 Å². The molecule has 3 heteroatoms. The molecule has 0 saturated carbocycles. The number of hydrogen-bond acceptors (Lipinski definition) is 3. The van der Waals surface area contributed by atoms with Crippen LogP contribution in [0.15, 0.2) is 18.2 Å². The smallest absolute Gasteiger partial charge is 0.161 e. The van der Waals surface area contributed by atoms with E-state index in [1.165, 1.54) is 18.4 Å². The topological polar surface area (TPSA) is 30.5 Å². The van der Waals surface area contributed by atoms with Crippen LogP contribution in [0.4, 0.5) is 0 Å². The van der Waals surface area contributed by atoms with Crippen LogP contribution in [0.1, 0.15) is 45.2 Å². The molecule has 1 heterocycles. The lowest BCUT2D eigenvalue weighted by molar-refractivity contribution is 0.228. The molecule has 3 atom stereocenters. The van der Waals surface area contributed by atoms with Crippen LogP contribution in [0.2, 0.25) is 0 Å². The van der Waals surface area contributed by atoms with Gasteiger partial charge in [0.1, 0.15) is 0 Å². The third-order valence-corrected chi connectivity index (χ3v) is 4.00. The average molecular weight is 277 g/mol. The number of hydrogen-bond donors (Lipinski definition) is 1. The summed E-state index contributed by atoms with van der Waals surface area (Å²) in [6.07, 6.45) is 2.43. The van der Waals surface area contributed by atoms with Crippen molar-refractivity contribution in [1.29, 1.82) is 0 Å². The number of nitrogens with one attached hydrogen (secondary N) is 1. The average Bonchev–Trinajstić information content (AvgIpc) is 2.62. The first-order valence-electron chi connectivity index (χ1n) is 7.72. The molecule has 1 aromatic rings. The Balaban J connectivity index is 2.21. The van der Waals surface area contributed by atoms with E-state index in [0.717, 1.165) is 24.7 Å². The zero-order valence-corrected chi connectivity index (χ0v) is 13.1. The fourth-order valence-electron chi connectivity index (χ4n) is 2.86. The Morgan fingerprint density at radius 2 is 1.95 bits per heavy atom. The maximum absolute atomic E-state index is 5.88. The van der Waals surface area contributed by atoms with Crippen LogP contribution in [-0.2, 0) is 0 Å². The van der Waals surface area contributed by atoms with E-state index >= 15 is 0 Å². The zero-order valence-electron chi connectivity index (χ0n) is 13.1. The van der Waals surface area contributed by atoms with Gasteiger partial charge in [-0.25, -0.2) is 0 Å². The lowest BCUT2D eigenvalue weighted by Crippen LogP contribution is -2.23. The highest BCUT2D eigenvalue weighted by Crippen LogP contribution is 2.35. The van der Waals surface area contributed by atoms with Crippen molar-refractivity contribution < 1.29 is 9.47 Å². The molecule has 1 aromatic carbocycles.